The third kappa shape index (κ3) is 3.33. The van der Waals surface area contributed by atoms with E-state index in [-0.39, 0.29) is 17.4 Å². The van der Waals surface area contributed by atoms with Crippen molar-refractivity contribution in [3.63, 3.8) is 0 Å². The number of amides is 2. The van der Waals surface area contributed by atoms with Crippen LogP contribution in [0.25, 0.3) is 0 Å². The first-order valence-corrected chi connectivity index (χ1v) is 8.82. The molecule has 1 aromatic heterocycles. The van der Waals surface area contributed by atoms with Crippen molar-refractivity contribution in [1.82, 2.24) is 4.98 Å². The van der Waals surface area contributed by atoms with Gasteiger partial charge in [0.2, 0.25) is 0 Å². The zero-order valence-corrected chi connectivity index (χ0v) is 14.9. The second-order valence-corrected chi connectivity index (χ2v) is 6.44. The largest absolute Gasteiger partial charge is 0.322 e. The molecule has 0 saturated carbocycles. The van der Waals surface area contributed by atoms with Crippen LogP contribution in [-0.4, -0.2) is 23.3 Å². The molecule has 3 aromatic rings. The minimum atomic E-state index is -0.390. The summed E-state index contributed by atoms with van der Waals surface area (Å²) >= 11 is 0. The van der Waals surface area contributed by atoms with Crippen molar-refractivity contribution in [1.29, 1.82) is 5.26 Å². The third-order valence-corrected chi connectivity index (χ3v) is 4.63. The van der Waals surface area contributed by atoms with Crippen LogP contribution in [0.3, 0.4) is 0 Å². The number of carbonyl (C=O) groups is 2. The Balaban J connectivity index is 1.55. The van der Waals surface area contributed by atoms with Gasteiger partial charge in [-0.05, 0) is 42.3 Å². The van der Waals surface area contributed by atoms with Crippen molar-refractivity contribution in [2.75, 3.05) is 16.8 Å². The quantitative estimate of drug-likeness (QED) is 0.768. The van der Waals surface area contributed by atoms with Crippen LogP contribution in [0.2, 0.25) is 0 Å². The van der Waals surface area contributed by atoms with Crippen molar-refractivity contribution in [2.45, 2.75) is 6.42 Å². The first-order chi connectivity index (χ1) is 13.7. The van der Waals surface area contributed by atoms with Crippen molar-refractivity contribution < 1.29 is 9.59 Å². The maximum Gasteiger partial charge on any atom is 0.259 e. The molecule has 0 unspecified atom stereocenters. The molecule has 0 spiro atoms. The average Bonchev–Trinajstić information content (AvgIpc) is 3.17. The Bertz CT molecular complexity index is 1120. The van der Waals surface area contributed by atoms with Gasteiger partial charge >= 0.3 is 0 Å². The maximum atomic E-state index is 12.9. The molecule has 1 aliphatic heterocycles. The summed E-state index contributed by atoms with van der Waals surface area (Å²) in [7, 11) is 0. The van der Waals surface area contributed by atoms with Gasteiger partial charge in [-0.1, -0.05) is 24.3 Å². The molecule has 0 atom stereocenters. The summed E-state index contributed by atoms with van der Waals surface area (Å²) in [5, 5.41) is 11.7. The molecule has 0 fully saturated rings. The smallest absolute Gasteiger partial charge is 0.259 e. The number of benzene rings is 2. The molecule has 0 aliphatic carbocycles. The first kappa shape index (κ1) is 17.4. The van der Waals surface area contributed by atoms with Gasteiger partial charge in [0.15, 0.2) is 0 Å². The standard InChI is InChI=1S/C22H16N4O2/c23-12-15-4-3-6-19(10-15)25-21(27)17-11-18(14-24-13-17)22(28)26-9-8-16-5-1-2-7-20(16)26/h1-7,10-11,13-14H,8-9H2,(H,25,27). The van der Waals surface area contributed by atoms with Gasteiger partial charge in [-0.2, -0.15) is 5.26 Å². The molecule has 0 radical (unpaired) electrons. The number of nitriles is 1. The van der Waals surface area contributed by atoms with Crippen LogP contribution in [0.4, 0.5) is 11.4 Å². The zero-order chi connectivity index (χ0) is 19.5. The highest BCUT2D eigenvalue weighted by Gasteiger charge is 2.25. The Morgan fingerprint density at radius 2 is 1.86 bits per heavy atom. The molecule has 1 N–H and O–H groups in total. The van der Waals surface area contributed by atoms with E-state index in [1.54, 1.807) is 35.2 Å². The fourth-order valence-corrected chi connectivity index (χ4v) is 3.26. The topological polar surface area (TPSA) is 86.1 Å². The Hall–Kier alpha value is -3.98. The van der Waals surface area contributed by atoms with E-state index in [0.717, 1.165) is 17.7 Å². The Kier molecular flexibility index (Phi) is 4.56. The lowest BCUT2D eigenvalue weighted by molar-refractivity contribution is 0.0989. The van der Waals surface area contributed by atoms with E-state index in [0.29, 0.717) is 23.4 Å². The zero-order valence-electron chi connectivity index (χ0n) is 14.9. The van der Waals surface area contributed by atoms with Gasteiger partial charge in [0.05, 0.1) is 22.8 Å². The predicted octanol–water partition coefficient (Wildman–Crippen LogP) is 3.41. The van der Waals surface area contributed by atoms with Crippen LogP contribution in [0, 0.1) is 11.3 Å². The summed E-state index contributed by atoms with van der Waals surface area (Å²) in [4.78, 5) is 31.3. The van der Waals surface area contributed by atoms with Gasteiger partial charge in [-0.25, -0.2) is 0 Å². The summed E-state index contributed by atoms with van der Waals surface area (Å²) in [6.07, 6.45) is 3.69. The number of fused-ring (bicyclic) bond motifs is 1. The molecule has 2 aromatic carbocycles. The van der Waals surface area contributed by atoms with E-state index in [1.165, 1.54) is 12.4 Å². The van der Waals surface area contributed by atoms with E-state index >= 15 is 0 Å². The number of nitrogens with zero attached hydrogens (tertiary/aromatic N) is 3. The van der Waals surface area contributed by atoms with Gasteiger partial charge in [0.25, 0.3) is 11.8 Å². The predicted molar refractivity (Wildman–Crippen MR) is 105 cm³/mol. The molecule has 1 aliphatic rings. The summed E-state index contributed by atoms with van der Waals surface area (Å²) in [6.45, 7) is 0.607. The molecule has 0 saturated heterocycles. The number of rotatable bonds is 3. The summed E-state index contributed by atoms with van der Waals surface area (Å²) in [6, 6.07) is 18.0. The highest BCUT2D eigenvalue weighted by molar-refractivity contribution is 6.10. The van der Waals surface area contributed by atoms with E-state index in [9.17, 15) is 9.59 Å². The number of anilines is 2. The first-order valence-electron chi connectivity index (χ1n) is 8.82. The molecular weight excluding hydrogens is 352 g/mol. The fraction of sp³-hybridized carbons (Fsp3) is 0.0909. The molecule has 4 rings (SSSR count). The normalized spacial score (nSPS) is 12.2. The van der Waals surface area contributed by atoms with Crippen LogP contribution < -0.4 is 10.2 Å². The number of carbonyl (C=O) groups excluding carboxylic acids is 2. The summed E-state index contributed by atoms with van der Waals surface area (Å²) < 4.78 is 0. The van der Waals surface area contributed by atoms with E-state index in [1.807, 2.05) is 30.3 Å². The number of nitrogens with one attached hydrogen (secondary N) is 1. The van der Waals surface area contributed by atoms with Gasteiger partial charge in [0, 0.05) is 30.3 Å². The van der Waals surface area contributed by atoms with Crippen LogP contribution in [0.15, 0.2) is 67.0 Å². The van der Waals surface area contributed by atoms with Crippen LogP contribution in [-0.2, 0) is 6.42 Å². The number of para-hydroxylation sites is 1. The fourth-order valence-electron chi connectivity index (χ4n) is 3.26. The number of hydrogen-bond donors (Lipinski definition) is 1. The second-order valence-electron chi connectivity index (χ2n) is 6.44. The molecular formula is C22H16N4O2. The lowest BCUT2D eigenvalue weighted by Gasteiger charge is -2.17. The molecule has 6 heteroatoms. The maximum absolute atomic E-state index is 12.9. The van der Waals surface area contributed by atoms with Gasteiger partial charge in [-0.3, -0.25) is 14.6 Å². The highest BCUT2D eigenvalue weighted by atomic mass is 16.2. The Morgan fingerprint density at radius 3 is 2.71 bits per heavy atom. The number of hydrogen-bond acceptors (Lipinski definition) is 4. The van der Waals surface area contributed by atoms with E-state index < -0.39 is 0 Å². The number of aromatic nitrogens is 1. The average molecular weight is 368 g/mol. The minimum Gasteiger partial charge on any atom is -0.322 e. The van der Waals surface area contributed by atoms with E-state index in [4.69, 9.17) is 5.26 Å². The lowest BCUT2D eigenvalue weighted by Crippen LogP contribution is -2.29. The highest BCUT2D eigenvalue weighted by Crippen LogP contribution is 2.28. The third-order valence-electron chi connectivity index (χ3n) is 4.63. The molecule has 28 heavy (non-hydrogen) atoms. The summed E-state index contributed by atoms with van der Waals surface area (Å²) in [5.74, 6) is -0.572. The Labute approximate surface area is 162 Å². The molecule has 136 valence electrons. The summed E-state index contributed by atoms with van der Waals surface area (Å²) in [5.41, 5.74) is 3.63. The van der Waals surface area contributed by atoms with Crippen LogP contribution in [0.5, 0.6) is 0 Å². The monoisotopic (exact) mass is 368 g/mol. The van der Waals surface area contributed by atoms with Gasteiger partial charge in [-0.15, -0.1) is 0 Å². The Morgan fingerprint density at radius 1 is 1.04 bits per heavy atom. The minimum absolute atomic E-state index is 0.182. The van der Waals surface area contributed by atoms with Crippen molar-refractivity contribution in [2.24, 2.45) is 0 Å². The molecule has 6 nitrogen and oxygen atoms in total. The molecule has 2 amide bonds. The molecule has 0 bridgehead atoms. The van der Waals surface area contributed by atoms with Gasteiger partial charge in [0.1, 0.15) is 0 Å². The SMILES string of the molecule is N#Cc1cccc(NC(=O)c2cncc(C(=O)N3CCc4ccccc43)c2)c1. The van der Waals surface area contributed by atoms with Crippen molar-refractivity contribution in [3.05, 3.63) is 89.2 Å². The van der Waals surface area contributed by atoms with Crippen LogP contribution >= 0.6 is 0 Å². The van der Waals surface area contributed by atoms with E-state index in [2.05, 4.69) is 10.3 Å². The second kappa shape index (κ2) is 7.33. The van der Waals surface area contributed by atoms with Crippen molar-refractivity contribution in [3.8, 4) is 6.07 Å². The lowest BCUT2D eigenvalue weighted by atomic mass is 10.1. The molecule has 2 heterocycles. The van der Waals surface area contributed by atoms with Gasteiger partial charge < -0.3 is 10.2 Å². The van der Waals surface area contributed by atoms with Crippen molar-refractivity contribution >= 4 is 23.2 Å². The van der Waals surface area contributed by atoms with Crippen LogP contribution in [0.1, 0.15) is 31.8 Å². The number of pyridine rings is 1.